The number of nitro benzene ring substituents is 1. The summed E-state index contributed by atoms with van der Waals surface area (Å²) >= 11 is 11.6. The van der Waals surface area contributed by atoms with Gasteiger partial charge in [-0.05, 0) is 29.8 Å². The summed E-state index contributed by atoms with van der Waals surface area (Å²) in [5.74, 6) is 0. The van der Waals surface area contributed by atoms with Gasteiger partial charge in [-0.3, -0.25) is 10.1 Å². The van der Waals surface area contributed by atoms with Crippen molar-refractivity contribution in [1.29, 1.82) is 0 Å². The zero-order valence-electron chi connectivity index (χ0n) is 10.1. The fourth-order valence-corrected chi connectivity index (χ4v) is 2.06. The molecule has 0 unspecified atom stereocenters. The topological polar surface area (TPSA) is 43.1 Å². The number of nitro groups is 1. The molecule has 0 spiro atoms. The number of alkyl halides is 3. The molecule has 21 heavy (non-hydrogen) atoms. The molecular weight excluding hydrogens is 330 g/mol. The predicted molar refractivity (Wildman–Crippen MR) is 73.6 cm³/mol. The van der Waals surface area contributed by atoms with Gasteiger partial charge in [-0.25, -0.2) is 0 Å². The molecule has 0 atom stereocenters. The molecule has 2 rings (SSSR count). The van der Waals surface area contributed by atoms with Crippen LogP contribution in [0.2, 0.25) is 10.0 Å². The highest BCUT2D eigenvalue weighted by atomic mass is 35.5. The quantitative estimate of drug-likeness (QED) is 0.530. The van der Waals surface area contributed by atoms with Crippen molar-refractivity contribution in [2.24, 2.45) is 0 Å². The largest absolute Gasteiger partial charge is 0.416 e. The molecule has 3 nitrogen and oxygen atoms in total. The van der Waals surface area contributed by atoms with Crippen molar-refractivity contribution in [3.05, 3.63) is 62.1 Å². The molecule has 0 aliphatic heterocycles. The number of nitrogens with zero attached hydrogens (tertiary/aromatic N) is 1. The lowest BCUT2D eigenvalue weighted by atomic mass is 10.0. The Morgan fingerprint density at radius 1 is 1.00 bits per heavy atom. The van der Waals surface area contributed by atoms with Crippen LogP contribution in [0.5, 0.6) is 0 Å². The Morgan fingerprint density at radius 2 is 1.67 bits per heavy atom. The van der Waals surface area contributed by atoms with E-state index >= 15 is 0 Å². The van der Waals surface area contributed by atoms with Crippen LogP contribution in [-0.2, 0) is 6.18 Å². The lowest BCUT2D eigenvalue weighted by Crippen LogP contribution is -2.06. The van der Waals surface area contributed by atoms with Crippen LogP contribution in [-0.4, -0.2) is 4.92 Å². The summed E-state index contributed by atoms with van der Waals surface area (Å²) in [7, 11) is 0. The average molecular weight is 336 g/mol. The summed E-state index contributed by atoms with van der Waals surface area (Å²) in [5.41, 5.74) is -1.39. The third-order valence-corrected chi connectivity index (χ3v) is 3.49. The average Bonchev–Trinajstić information content (AvgIpc) is 2.40. The summed E-state index contributed by atoms with van der Waals surface area (Å²) in [6, 6.07) is 6.55. The van der Waals surface area contributed by atoms with Crippen LogP contribution in [0.3, 0.4) is 0 Å². The minimum atomic E-state index is -4.65. The number of benzene rings is 2. The lowest BCUT2D eigenvalue weighted by Gasteiger charge is -2.09. The highest BCUT2D eigenvalue weighted by Gasteiger charge is 2.33. The lowest BCUT2D eigenvalue weighted by molar-refractivity contribution is -0.384. The van der Waals surface area contributed by atoms with Crippen LogP contribution in [0, 0.1) is 10.1 Å². The van der Waals surface area contributed by atoms with E-state index in [9.17, 15) is 23.3 Å². The summed E-state index contributed by atoms with van der Waals surface area (Å²) in [6.45, 7) is 0. The van der Waals surface area contributed by atoms with E-state index in [0.29, 0.717) is 11.6 Å². The molecule has 110 valence electrons. The number of rotatable bonds is 2. The molecule has 0 radical (unpaired) electrons. The first kappa shape index (κ1) is 15.6. The van der Waals surface area contributed by atoms with E-state index in [0.717, 1.165) is 12.1 Å². The summed E-state index contributed by atoms with van der Waals surface area (Å²) in [6.07, 6.45) is -4.65. The molecule has 0 heterocycles. The maximum absolute atomic E-state index is 12.6. The van der Waals surface area contributed by atoms with Gasteiger partial charge in [-0.2, -0.15) is 13.2 Å². The molecule has 0 saturated heterocycles. The normalized spacial score (nSPS) is 11.5. The second kappa shape index (κ2) is 5.54. The van der Waals surface area contributed by atoms with Gasteiger partial charge in [0.1, 0.15) is 0 Å². The number of hydrogen-bond acceptors (Lipinski definition) is 2. The molecule has 0 bridgehead atoms. The Balaban J connectivity index is 2.63. The molecule has 0 aromatic heterocycles. The Labute approximate surface area is 127 Å². The van der Waals surface area contributed by atoms with Gasteiger partial charge in [0.15, 0.2) is 0 Å². The van der Waals surface area contributed by atoms with E-state index in [1.807, 2.05) is 0 Å². The molecular formula is C13H6Cl2F3NO2. The van der Waals surface area contributed by atoms with Crippen LogP contribution >= 0.6 is 23.2 Å². The first-order chi connectivity index (χ1) is 9.70. The van der Waals surface area contributed by atoms with Crippen LogP contribution in [0.4, 0.5) is 18.9 Å². The zero-order valence-corrected chi connectivity index (χ0v) is 11.6. The molecule has 0 aliphatic carbocycles. The van der Waals surface area contributed by atoms with Gasteiger partial charge in [0.05, 0.1) is 26.1 Å². The number of hydrogen-bond donors (Lipinski definition) is 0. The second-order valence-electron chi connectivity index (χ2n) is 4.12. The molecule has 0 amide bonds. The van der Waals surface area contributed by atoms with E-state index in [1.54, 1.807) is 0 Å². The minimum Gasteiger partial charge on any atom is -0.258 e. The first-order valence-electron chi connectivity index (χ1n) is 5.51. The molecule has 0 aliphatic rings. The van der Waals surface area contributed by atoms with E-state index in [2.05, 4.69) is 0 Å². The van der Waals surface area contributed by atoms with E-state index < -0.39 is 22.4 Å². The van der Waals surface area contributed by atoms with Gasteiger partial charge in [0.25, 0.3) is 5.69 Å². The van der Waals surface area contributed by atoms with Crippen molar-refractivity contribution >= 4 is 28.9 Å². The van der Waals surface area contributed by atoms with Crippen molar-refractivity contribution < 1.29 is 18.1 Å². The summed E-state index contributed by atoms with van der Waals surface area (Å²) in [5, 5.41) is 11.4. The van der Waals surface area contributed by atoms with Gasteiger partial charge in [-0.15, -0.1) is 0 Å². The zero-order chi connectivity index (χ0) is 15.8. The van der Waals surface area contributed by atoms with Crippen LogP contribution in [0.1, 0.15) is 5.56 Å². The molecule has 0 saturated carbocycles. The molecule has 8 heteroatoms. The third kappa shape index (κ3) is 3.28. The monoisotopic (exact) mass is 335 g/mol. The smallest absolute Gasteiger partial charge is 0.258 e. The predicted octanol–water partition coefficient (Wildman–Crippen LogP) is 5.59. The Bertz CT molecular complexity index is 717. The van der Waals surface area contributed by atoms with Gasteiger partial charge < -0.3 is 0 Å². The highest BCUT2D eigenvalue weighted by Crippen LogP contribution is 2.38. The van der Waals surface area contributed by atoms with Gasteiger partial charge in [-0.1, -0.05) is 29.3 Å². The highest BCUT2D eigenvalue weighted by molar-refractivity contribution is 6.42. The van der Waals surface area contributed by atoms with E-state index in [4.69, 9.17) is 23.2 Å². The van der Waals surface area contributed by atoms with Crippen molar-refractivity contribution in [2.45, 2.75) is 6.18 Å². The maximum atomic E-state index is 12.6. The Morgan fingerprint density at radius 3 is 2.19 bits per heavy atom. The van der Waals surface area contributed by atoms with Crippen LogP contribution in [0.15, 0.2) is 36.4 Å². The fourth-order valence-electron chi connectivity index (χ4n) is 1.77. The van der Waals surface area contributed by atoms with E-state index in [1.165, 1.54) is 18.2 Å². The van der Waals surface area contributed by atoms with Gasteiger partial charge >= 0.3 is 6.18 Å². The Hall–Kier alpha value is -1.79. The third-order valence-electron chi connectivity index (χ3n) is 2.75. The van der Waals surface area contributed by atoms with Crippen molar-refractivity contribution in [3.8, 4) is 11.1 Å². The standard InChI is InChI=1S/C13H6Cl2F3NO2/c14-10-4-1-7(5-11(10)15)9-3-2-8(13(16,17)18)6-12(9)19(20)21/h1-6H. The van der Waals surface area contributed by atoms with Crippen molar-refractivity contribution in [2.75, 3.05) is 0 Å². The summed E-state index contributed by atoms with van der Waals surface area (Å²) in [4.78, 5) is 10.1. The Kier molecular flexibility index (Phi) is 4.11. The molecule has 0 fully saturated rings. The first-order valence-corrected chi connectivity index (χ1v) is 6.27. The van der Waals surface area contributed by atoms with Crippen LogP contribution in [0.25, 0.3) is 11.1 Å². The molecule has 2 aromatic rings. The SMILES string of the molecule is O=[N+]([O-])c1cc(C(F)(F)F)ccc1-c1ccc(Cl)c(Cl)c1. The van der Waals surface area contributed by atoms with Gasteiger partial charge in [0, 0.05) is 6.07 Å². The maximum Gasteiger partial charge on any atom is 0.416 e. The van der Waals surface area contributed by atoms with Gasteiger partial charge in [0.2, 0.25) is 0 Å². The van der Waals surface area contributed by atoms with E-state index in [-0.39, 0.29) is 15.6 Å². The minimum absolute atomic E-state index is 0.0339. The molecule has 2 aromatic carbocycles. The van der Waals surface area contributed by atoms with Crippen molar-refractivity contribution in [1.82, 2.24) is 0 Å². The van der Waals surface area contributed by atoms with Crippen molar-refractivity contribution in [3.63, 3.8) is 0 Å². The van der Waals surface area contributed by atoms with Crippen LogP contribution < -0.4 is 0 Å². The number of halogens is 5. The summed E-state index contributed by atoms with van der Waals surface area (Å²) < 4.78 is 37.9. The second-order valence-corrected chi connectivity index (χ2v) is 4.93. The fraction of sp³-hybridized carbons (Fsp3) is 0.0769. The molecule has 0 N–H and O–H groups in total.